The molecule has 0 amide bonds. The van der Waals surface area contributed by atoms with Crippen LogP contribution < -0.4 is 0 Å². The second-order valence-electron chi connectivity index (χ2n) is 2.17. The zero-order chi connectivity index (χ0) is 7.28. The van der Waals surface area contributed by atoms with Crippen molar-refractivity contribution in [2.75, 3.05) is 5.75 Å². The molecule has 1 unspecified atom stereocenters. The highest BCUT2D eigenvalue weighted by atomic mass is 32.2. The fraction of sp³-hybridized carbons (Fsp3) is 1.00. The molecule has 0 radical (unpaired) electrons. The Morgan fingerprint density at radius 3 is 2.00 bits per heavy atom. The number of rotatable bonds is 4. The van der Waals surface area contributed by atoms with E-state index in [1.165, 1.54) is 0 Å². The molecule has 0 fully saturated rings. The molecule has 0 heterocycles. The molecule has 0 aromatic heterocycles. The van der Waals surface area contributed by atoms with E-state index in [1.807, 2.05) is 13.8 Å². The van der Waals surface area contributed by atoms with Crippen molar-refractivity contribution in [3.05, 3.63) is 0 Å². The van der Waals surface area contributed by atoms with Crippen LogP contribution in [-0.2, 0) is 11.1 Å². The van der Waals surface area contributed by atoms with E-state index in [2.05, 4.69) is 0 Å². The normalized spacial score (nSPS) is 14.2. The van der Waals surface area contributed by atoms with Gasteiger partial charge in [-0.1, -0.05) is 26.7 Å². The lowest BCUT2D eigenvalue weighted by molar-refractivity contribution is 0.509. The molecule has 0 aliphatic heterocycles. The van der Waals surface area contributed by atoms with E-state index >= 15 is 0 Å². The van der Waals surface area contributed by atoms with Crippen molar-refractivity contribution in [1.29, 1.82) is 0 Å². The molecule has 1 atom stereocenters. The highest BCUT2D eigenvalue weighted by Gasteiger charge is 2.05. The molecule has 1 N–H and O–H groups in total. The summed E-state index contributed by atoms with van der Waals surface area (Å²) in [7, 11) is 0. The van der Waals surface area contributed by atoms with E-state index in [0.717, 1.165) is 12.8 Å². The van der Waals surface area contributed by atoms with Gasteiger partial charge < -0.3 is 4.55 Å². The zero-order valence-electron chi connectivity index (χ0n) is 5.96. The molecule has 56 valence electrons. The average Bonchev–Trinajstić information content (AvgIpc) is 1.82. The van der Waals surface area contributed by atoms with Crippen molar-refractivity contribution in [3.63, 3.8) is 0 Å². The molecule has 0 aromatic carbocycles. The number of hydrogen-bond donors (Lipinski definition) is 1. The van der Waals surface area contributed by atoms with Crippen LogP contribution in [0, 0.1) is 5.92 Å². The standard InChI is InChI=1S/C6H14O2S/c1-3-6(4-2)5-9(7)8/h6H,3-5H2,1-2H3,(H,7,8). The first-order valence-electron chi connectivity index (χ1n) is 3.28. The molecular weight excluding hydrogens is 136 g/mol. The summed E-state index contributed by atoms with van der Waals surface area (Å²) in [4.78, 5) is 0. The molecule has 0 spiro atoms. The fourth-order valence-electron chi connectivity index (χ4n) is 0.726. The minimum Gasteiger partial charge on any atom is -0.306 e. The van der Waals surface area contributed by atoms with Crippen LogP contribution >= 0.6 is 0 Å². The molecule has 9 heavy (non-hydrogen) atoms. The Morgan fingerprint density at radius 1 is 1.44 bits per heavy atom. The Balaban J connectivity index is 3.43. The Labute approximate surface area is 58.9 Å². The Bertz CT molecular complexity index is 89.1. The summed E-state index contributed by atoms with van der Waals surface area (Å²) >= 11 is -1.60. The SMILES string of the molecule is CCC(CC)CS(=O)O. The van der Waals surface area contributed by atoms with Crippen LogP contribution in [0.25, 0.3) is 0 Å². The van der Waals surface area contributed by atoms with Gasteiger partial charge in [-0.05, 0) is 5.92 Å². The van der Waals surface area contributed by atoms with Crippen LogP contribution in [0.1, 0.15) is 26.7 Å². The van der Waals surface area contributed by atoms with Crippen LogP contribution in [0.2, 0.25) is 0 Å². The van der Waals surface area contributed by atoms with Gasteiger partial charge in [0.15, 0.2) is 11.1 Å². The zero-order valence-corrected chi connectivity index (χ0v) is 6.78. The first kappa shape index (κ1) is 9.11. The topological polar surface area (TPSA) is 37.3 Å². The van der Waals surface area contributed by atoms with Gasteiger partial charge in [0.05, 0.1) is 5.75 Å². The molecular formula is C6H14O2S. The molecule has 0 saturated heterocycles. The van der Waals surface area contributed by atoms with Gasteiger partial charge in [-0.2, -0.15) is 0 Å². The summed E-state index contributed by atoms with van der Waals surface area (Å²) in [6, 6.07) is 0. The minimum absolute atomic E-state index is 0.427. The lowest BCUT2D eigenvalue weighted by atomic mass is 10.1. The highest BCUT2D eigenvalue weighted by molar-refractivity contribution is 7.79. The van der Waals surface area contributed by atoms with E-state index in [4.69, 9.17) is 4.55 Å². The quantitative estimate of drug-likeness (QED) is 0.619. The Kier molecular flexibility index (Phi) is 5.00. The van der Waals surface area contributed by atoms with Gasteiger partial charge in [0.2, 0.25) is 0 Å². The maximum atomic E-state index is 10.2. The largest absolute Gasteiger partial charge is 0.306 e. The van der Waals surface area contributed by atoms with E-state index in [-0.39, 0.29) is 0 Å². The van der Waals surface area contributed by atoms with Gasteiger partial charge in [-0.15, -0.1) is 0 Å². The first-order chi connectivity index (χ1) is 4.20. The maximum absolute atomic E-state index is 10.2. The molecule has 0 saturated carbocycles. The third kappa shape index (κ3) is 4.60. The van der Waals surface area contributed by atoms with Gasteiger partial charge in [-0.25, -0.2) is 4.21 Å². The lowest BCUT2D eigenvalue weighted by Crippen LogP contribution is -2.07. The maximum Gasteiger partial charge on any atom is 0.153 e. The molecule has 2 nitrogen and oxygen atoms in total. The van der Waals surface area contributed by atoms with Crippen molar-refractivity contribution in [3.8, 4) is 0 Å². The minimum atomic E-state index is -1.60. The highest BCUT2D eigenvalue weighted by Crippen LogP contribution is 2.07. The van der Waals surface area contributed by atoms with Crippen molar-refractivity contribution in [1.82, 2.24) is 0 Å². The van der Waals surface area contributed by atoms with Crippen molar-refractivity contribution >= 4 is 11.1 Å². The lowest BCUT2D eigenvalue weighted by Gasteiger charge is -2.07. The predicted octanol–water partition coefficient (Wildman–Crippen LogP) is 1.64. The average molecular weight is 150 g/mol. The molecule has 0 rings (SSSR count). The third-order valence-corrected chi connectivity index (χ3v) is 2.29. The van der Waals surface area contributed by atoms with E-state index in [1.54, 1.807) is 0 Å². The summed E-state index contributed by atoms with van der Waals surface area (Å²) in [5.74, 6) is 0.864. The summed E-state index contributed by atoms with van der Waals surface area (Å²) < 4.78 is 18.7. The van der Waals surface area contributed by atoms with E-state index in [0.29, 0.717) is 11.7 Å². The van der Waals surface area contributed by atoms with Gasteiger partial charge in [0, 0.05) is 0 Å². The molecule has 0 bridgehead atoms. The summed E-state index contributed by atoms with van der Waals surface area (Å²) in [6.45, 7) is 4.09. The smallest absolute Gasteiger partial charge is 0.153 e. The van der Waals surface area contributed by atoms with Gasteiger partial charge >= 0.3 is 0 Å². The van der Waals surface area contributed by atoms with Crippen LogP contribution in [-0.4, -0.2) is 14.5 Å². The molecule has 0 aliphatic rings. The van der Waals surface area contributed by atoms with Crippen LogP contribution in [0.3, 0.4) is 0 Å². The summed E-state index contributed by atoms with van der Waals surface area (Å²) in [6.07, 6.45) is 2.01. The third-order valence-electron chi connectivity index (χ3n) is 1.53. The summed E-state index contributed by atoms with van der Waals surface area (Å²) in [5, 5.41) is 0. The predicted molar refractivity (Wildman–Crippen MR) is 39.7 cm³/mol. The molecule has 0 aromatic rings. The number of hydrogen-bond acceptors (Lipinski definition) is 1. The van der Waals surface area contributed by atoms with Crippen LogP contribution in [0.15, 0.2) is 0 Å². The van der Waals surface area contributed by atoms with Crippen molar-refractivity contribution in [2.45, 2.75) is 26.7 Å². The second-order valence-corrected chi connectivity index (χ2v) is 3.15. The van der Waals surface area contributed by atoms with E-state index < -0.39 is 11.1 Å². The summed E-state index contributed by atoms with van der Waals surface area (Å²) in [5.41, 5.74) is 0. The second kappa shape index (κ2) is 4.94. The first-order valence-corrected chi connectivity index (χ1v) is 4.55. The van der Waals surface area contributed by atoms with Crippen LogP contribution in [0.4, 0.5) is 0 Å². The van der Waals surface area contributed by atoms with Crippen molar-refractivity contribution < 1.29 is 8.76 Å². The molecule has 3 heteroatoms. The van der Waals surface area contributed by atoms with Crippen LogP contribution in [0.5, 0.6) is 0 Å². The van der Waals surface area contributed by atoms with Gasteiger partial charge in [0.1, 0.15) is 0 Å². The van der Waals surface area contributed by atoms with Gasteiger partial charge in [-0.3, -0.25) is 0 Å². The Hall–Kier alpha value is 0.110. The monoisotopic (exact) mass is 150 g/mol. The Morgan fingerprint density at radius 2 is 1.89 bits per heavy atom. The van der Waals surface area contributed by atoms with Gasteiger partial charge in [0.25, 0.3) is 0 Å². The van der Waals surface area contributed by atoms with Crippen molar-refractivity contribution in [2.24, 2.45) is 5.92 Å². The van der Waals surface area contributed by atoms with E-state index in [9.17, 15) is 4.21 Å². The molecule has 0 aliphatic carbocycles. The fourth-order valence-corrected chi connectivity index (χ4v) is 1.60.